The van der Waals surface area contributed by atoms with Crippen LogP contribution in [0.5, 0.6) is 0 Å². The number of nitrogens with zero attached hydrogens (tertiary/aromatic N) is 1. The van der Waals surface area contributed by atoms with E-state index < -0.39 is 10.8 Å². The minimum atomic E-state index is -0.997. The lowest BCUT2D eigenvalue weighted by molar-refractivity contribution is -0.144. The minimum absolute atomic E-state index is 0.327. The van der Waals surface area contributed by atoms with Gasteiger partial charge in [0, 0.05) is 5.41 Å². The smallest absolute Gasteiger partial charge is 0.322 e. The molecular formula is C24H19NO3. The number of carbonyl (C=O) groups is 1. The number of ether oxygens (including phenoxy) is 1. The highest BCUT2D eigenvalue weighted by molar-refractivity contribution is 5.92. The van der Waals surface area contributed by atoms with Crippen molar-refractivity contribution in [3.8, 4) is 0 Å². The number of oxazole rings is 1. The summed E-state index contributed by atoms with van der Waals surface area (Å²) in [6.07, 6.45) is 0.549. The minimum Gasteiger partial charge on any atom is -0.468 e. The van der Waals surface area contributed by atoms with Gasteiger partial charge in [-0.2, -0.15) is 0 Å². The van der Waals surface area contributed by atoms with Crippen LogP contribution in [-0.2, 0) is 20.4 Å². The SMILES string of the molecule is COC(=O)[C@]1(c2nc3ccccc3o2)CC1(c1ccccc1)c1ccccc1. The number of para-hydroxylation sites is 2. The summed E-state index contributed by atoms with van der Waals surface area (Å²) >= 11 is 0. The highest BCUT2D eigenvalue weighted by atomic mass is 16.5. The maximum absolute atomic E-state index is 13.2. The lowest BCUT2D eigenvalue weighted by Gasteiger charge is -2.23. The second kappa shape index (κ2) is 6.06. The molecule has 0 unspecified atom stereocenters. The van der Waals surface area contributed by atoms with Crippen LogP contribution in [0, 0.1) is 0 Å². The number of aromatic nitrogens is 1. The predicted octanol–water partition coefficient (Wildman–Crippen LogP) is 4.63. The zero-order valence-electron chi connectivity index (χ0n) is 15.5. The van der Waals surface area contributed by atoms with Gasteiger partial charge in [0.15, 0.2) is 11.0 Å². The van der Waals surface area contributed by atoms with Gasteiger partial charge in [-0.3, -0.25) is 4.79 Å². The van der Waals surface area contributed by atoms with Crippen molar-refractivity contribution in [3.05, 3.63) is 102 Å². The fourth-order valence-electron chi connectivity index (χ4n) is 4.48. The molecular weight excluding hydrogens is 350 g/mol. The molecule has 5 rings (SSSR count). The van der Waals surface area contributed by atoms with Crippen molar-refractivity contribution in [2.75, 3.05) is 7.11 Å². The topological polar surface area (TPSA) is 52.3 Å². The number of methoxy groups -OCH3 is 1. The molecule has 138 valence electrons. The number of carbonyl (C=O) groups excluding carboxylic acids is 1. The van der Waals surface area contributed by atoms with Gasteiger partial charge in [0.2, 0.25) is 5.89 Å². The number of hydrogen-bond acceptors (Lipinski definition) is 4. The van der Waals surface area contributed by atoms with Gasteiger partial charge in [-0.1, -0.05) is 72.8 Å². The van der Waals surface area contributed by atoms with Crippen LogP contribution in [0.25, 0.3) is 11.1 Å². The van der Waals surface area contributed by atoms with Crippen LogP contribution < -0.4 is 0 Å². The first-order chi connectivity index (χ1) is 13.7. The van der Waals surface area contributed by atoms with Gasteiger partial charge in [0.1, 0.15) is 5.52 Å². The highest BCUT2D eigenvalue weighted by Crippen LogP contribution is 2.69. The van der Waals surface area contributed by atoms with Crippen molar-refractivity contribution in [1.29, 1.82) is 0 Å². The molecule has 0 saturated heterocycles. The number of rotatable bonds is 4. The van der Waals surface area contributed by atoms with E-state index in [0.717, 1.165) is 16.6 Å². The number of esters is 1. The molecule has 1 aromatic heterocycles. The number of fused-ring (bicyclic) bond motifs is 1. The van der Waals surface area contributed by atoms with Crippen molar-refractivity contribution in [1.82, 2.24) is 4.98 Å². The van der Waals surface area contributed by atoms with Gasteiger partial charge in [-0.05, 0) is 29.7 Å². The molecule has 3 aromatic carbocycles. The second-order valence-electron chi connectivity index (χ2n) is 7.20. The molecule has 0 N–H and O–H groups in total. The summed E-state index contributed by atoms with van der Waals surface area (Å²) in [6.45, 7) is 0. The van der Waals surface area contributed by atoms with E-state index in [0.29, 0.717) is 17.9 Å². The van der Waals surface area contributed by atoms with Crippen LogP contribution in [0.15, 0.2) is 89.3 Å². The summed E-state index contributed by atoms with van der Waals surface area (Å²) < 4.78 is 11.4. The molecule has 1 aliphatic rings. The van der Waals surface area contributed by atoms with E-state index in [-0.39, 0.29) is 5.97 Å². The Kier molecular flexibility index (Phi) is 3.63. The molecule has 4 aromatic rings. The molecule has 0 amide bonds. The first kappa shape index (κ1) is 16.8. The van der Waals surface area contributed by atoms with Crippen LogP contribution in [0.2, 0.25) is 0 Å². The van der Waals surface area contributed by atoms with Crippen LogP contribution in [0.4, 0.5) is 0 Å². The van der Waals surface area contributed by atoms with Crippen molar-refractivity contribution in [3.63, 3.8) is 0 Å². The molecule has 0 radical (unpaired) electrons. The molecule has 1 saturated carbocycles. The zero-order chi connectivity index (χ0) is 19.2. The average molecular weight is 369 g/mol. The molecule has 4 heteroatoms. The zero-order valence-corrected chi connectivity index (χ0v) is 15.5. The van der Waals surface area contributed by atoms with Crippen molar-refractivity contribution in [2.45, 2.75) is 17.3 Å². The predicted molar refractivity (Wildman–Crippen MR) is 106 cm³/mol. The largest absolute Gasteiger partial charge is 0.468 e. The standard InChI is InChI=1S/C24H19NO3/c1-27-22(26)24(21-25-19-14-8-9-15-20(19)28-21)16-23(24,17-10-4-2-5-11-17)18-12-6-3-7-13-18/h2-15H,16H2,1H3/t24-/m1/s1. The molecule has 0 spiro atoms. The third kappa shape index (κ3) is 2.12. The van der Waals surface area contributed by atoms with Gasteiger partial charge in [-0.25, -0.2) is 4.98 Å². The molecule has 0 aliphatic heterocycles. The maximum Gasteiger partial charge on any atom is 0.322 e. The van der Waals surface area contributed by atoms with Crippen LogP contribution in [0.3, 0.4) is 0 Å². The van der Waals surface area contributed by atoms with E-state index in [1.807, 2.05) is 60.7 Å². The fourth-order valence-corrected chi connectivity index (χ4v) is 4.48. The average Bonchev–Trinajstić information content (AvgIpc) is 3.30. The van der Waals surface area contributed by atoms with Gasteiger partial charge in [-0.15, -0.1) is 0 Å². The molecule has 1 atom stereocenters. The molecule has 1 fully saturated rings. The van der Waals surface area contributed by atoms with Crippen molar-refractivity contribution in [2.24, 2.45) is 0 Å². The summed E-state index contributed by atoms with van der Waals surface area (Å²) in [4.78, 5) is 17.9. The summed E-state index contributed by atoms with van der Waals surface area (Å²) in [5.74, 6) is 0.0834. The first-order valence-electron chi connectivity index (χ1n) is 9.28. The lowest BCUT2D eigenvalue weighted by atomic mass is 9.80. The van der Waals surface area contributed by atoms with Crippen LogP contribution in [-0.4, -0.2) is 18.1 Å². The number of hydrogen-bond donors (Lipinski definition) is 0. The third-order valence-corrected chi connectivity index (χ3v) is 5.86. The van der Waals surface area contributed by atoms with Crippen LogP contribution >= 0.6 is 0 Å². The molecule has 1 heterocycles. The molecule has 4 nitrogen and oxygen atoms in total. The lowest BCUT2D eigenvalue weighted by Crippen LogP contribution is -2.33. The van der Waals surface area contributed by atoms with E-state index in [9.17, 15) is 4.79 Å². The van der Waals surface area contributed by atoms with E-state index in [1.54, 1.807) is 0 Å². The Labute approximate surface area is 162 Å². The van der Waals surface area contributed by atoms with E-state index in [2.05, 4.69) is 24.3 Å². The normalized spacial score (nSPS) is 20.0. The summed E-state index contributed by atoms with van der Waals surface area (Å²) in [7, 11) is 1.42. The monoisotopic (exact) mass is 369 g/mol. The third-order valence-electron chi connectivity index (χ3n) is 5.86. The fraction of sp³-hybridized carbons (Fsp3) is 0.167. The van der Waals surface area contributed by atoms with Gasteiger partial charge >= 0.3 is 5.97 Å². The second-order valence-corrected chi connectivity index (χ2v) is 7.20. The maximum atomic E-state index is 13.2. The Morgan fingerprint density at radius 1 is 0.893 bits per heavy atom. The molecule has 28 heavy (non-hydrogen) atoms. The Bertz CT molecular complexity index is 1080. The van der Waals surface area contributed by atoms with Crippen LogP contribution in [0.1, 0.15) is 23.4 Å². The van der Waals surface area contributed by atoms with E-state index >= 15 is 0 Å². The van der Waals surface area contributed by atoms with E-state index in [4.69, 9.17) is 14.1 Å². The Morgan fingerprint density at radius 2 is 1.46 bits per heavy atom. The molecule has 1 aliphatic carbocycles. The van der Waals surface area contributed by atoms with Crippen molar-refractivity contribution >= 4 is 17.1 Å². The Hall–Kier alpha value is -3.40. The van der Waals surface area contributed by atoms with Gasteiger partial charge < -0.3 is 9.15 Å². The quantitative estimate of drug-likeness (QED) is 0.492. The molecule has 0 bridgehead atoms. The summed E-state index contributed by atoms with van der Waals surface area (Å²) in [5.41, 5.74) is 1.93. The Balaban J connectivity index is 1.79. The first-order valence-corrected chi connectivity index (χ1v) is 9.28. The van der Waals surface area contributed by atoms with Gasteiger partial charge in [0.05, 0.1) is 7.11 Å². The highest BCUT2D eigenvalue weighted by Gasteiger charge is 2.78. The van der Waals surface area contributed by atoms with Gasteiger partial charge in [0.25, 0.3) is 0 Å². The summed E-state index contributed by atoms with van der Waals surface area (Å²) in [5, 5.41) is 0. The van der Waals surface area contributed by atoms with Crippen molar-refractivity contribution < 1.29 is 13.9 Å². The summed E-state index contributed by atoms with van der Waals surface area (Å²) in [6, 6.07) is 27.7. The van der Waals surface area contributed by atoms with E-state index in [1.165, 1.54) is 7.11 Å². The number of benzene rings is 3. The Morgan fingerprint density at radius 3 is 2.04 bits per heavy atom.